The standard InChI is InChI=1S/C14H14N2O/c1-14(2,3)13-11(8-17)10-6-9(7-15)4-5-12(10)16-13/h4-6,8,16H,1-3H3. The van der Waals surface area contributed by atoms with E-state index in [-0.39, 0.29) is 5.41 Å². The van der Waals surface area contributed by atoms with Crippen molar-refractivity contribution in [3.63, 3.8) is 0 Å². The maximum atomic E-state index is 11.2. The number of rotatable bonds is 1. The molecule has 86 valence electrons. The number of aromatic amines is 1. The van der Waals surface area contributed by atoms with E-state index in [0.29, 0.717) is 11.1 Å². The van der Waals surface area contributed by atoms with Gasteiger partial charge in [0.1, 0.15) is 0 Å². The highest BCUT2D eigenvalue weighted by Gasteiger charge is 2.22. The molecule has 0 fully saturated rings. The van der Waals surface area contributed by atoms with Crippen molar-refractivity contribution in [2.75, 3.05) is 0 Å². The van der Waals surface area contributed by atoms with Gasteiger partial charge in [-0.15, -0.1) is 0 Å². The lowest BCUT2D eigenvalue weighted by Gasteiger charge is -2.17. The molecule has 0 saturated carbocycles. The third-order valence-electron chi connectivity index (χ3n) is 2.84. The van der Waals surface area contributed by atoms with Crippen LogP contribution >= 0.6 is 0 Å². The van der Waals surface area contributed by atoms with Crippen molar-refractivity contribution in [2.45, 2.75) is 26.2 Å². The van der Waals surface area contributed by atoms with E-state index < -0.39 is 0 Å². The van der Waals surface area contributed by atoms with Crippen LogP contribution < -0.4 is 0 Å². The largest absolute Gasteiger partial charge is 0.357 e. The number of carbonyl (C=O) groups is 1. The molecule has 0 atom stereocenters. The molecule has 0 radical (unpaired) electrons. The van der Waals surface area contributed by atoms with Gasteiger partial charge in [-0.2, -0.15) is 5.26 Å². The fraction of sp³-hybridized carbons (Fsp3) is 0.286. The molecule has 1 aromatic carbocycles. The van der Waals surface area contributed by atoms with Crippen molar-refractivity contribution in [2.24, 2.45) is 0 Å². The van der Waals surface area contributed by atoms with Gasteiger partial charge in [-0.3, -0.25) is 4.79 Å². The molecule has 0 aliphatic carbocycles. The summed E-state index contributed by atoms with van der Waals surface area (Å²) in [6.45, 7) is 6.15. The second kappa shape index (κ2) is 3.74. The normalized spacial score (nSPS) is 11.4. The van der Waals surface area contributed by atoms with E-state index in [0.717, 1.165) is 22.9 Å². The van der Waals surface area contributed by atoms with Gasteiger partial charge in [0, 0.05) is 27.6 Å². The Hall–Kier alpha value is -2.08. The molecule has 0 unspecified atom stereocenters. The lowest BCUT2D eigenvalue weighted by atomic mass is 9.89. The molecule has 1 heterocycles. The summed E-state index contributed by atoms with van der Waals surface area (Å²) in [7, 11) is 0. The maximum absolute atomic E-state index is 11.2. The topological polar surface area (TPSA) is 56.6 Å². The van der Waals surface area contributed by atoms with Crippen LogP contribution in [0.2, 0.25) is 0 Å². The van der Waals surface area contributed by atoms with Crippen LogP contribution in [-0.4, -0.2) is 11.3 Å². The van der Waals surface area contributed by atoms with Crippen LogP contribution in [-0.2, 0) is 5.41 Å². The van der Waals surface area contributed by atoms with Crippen LogP contribution in [0.25, 0.3) is 10.9 Å². The van der Waals surface area contributed by atoms with Crippen LogP contribution in [0.3, 0.4) is 0 Å². The average molecular weight is 226 g/mol. The minimum atomic E-state index is -0.123. The van der Waals surface area contributed by atoms with Crippen molar-refractivity contribution < 1.29 is 4.79 Å². The predicted molar refractivity (Wildman–Crippen MR) is 67.1 cm³/mol. The number of hydrogen-bond acceptors (Lipinski definition) is 2. The van der Waals surface area contributed by atoms with Gasteiger partial charge < -0.3 is 4.98 Å². The molecule has 2 rings (SSSR count). The number of nitrogens with one attached hydrogen (secondary N) is 1. The Kier molecular flexibility index (Phi) is 2.51. The number of aromatic nitrogens is 1. The minimum absolute atomic E-state index is 0.123. The molecular weight excluding hydrogens is 212 g/mol. The number of carbonyl (C=O) groups excluding carboxylic acids is 1. The van der Waals surface area contributed by atoms with E-state index in [9.17, 15) is 4.79 Å². The van der Waals surface area contributed by atoms with Crippen LogP contribution in [0, 0.1) is 11.3 Å². The number of aldehydes is 1. The number of nitriles is 1. The molecule has 3 heteroatoms. The fourth-order valence-corrected chi connectivity index (χ4v) is 2.00. The molecule has 1 aromatic heterocycles. The third kappa shape index (κ3) is 1.83. The van der Waals surface area contributed by atoms with Crippen molar-refractivity contribution in [3.05, 3.63) is 35.0 Å². The summed E-state index contributed by atoms with van der Waals surface area (Å²) in [6.07, 6.45) is 0.862. The Labute approximate surface area is 100 Å². The number of H-pyrrole nitrogens is 1. The maximum Gasteiger partial charge on any atom is 0.152 e. The van der Waals surface area contributed by atoms with Gasteiger partial charge in [0.05, 0.1) is 11.6 Å². The smallest absolute Gasteiger partial charge is 0.152 e. The zero-order valence-electron chi connectivity index (χ0n) is 10.2. The summed E-state index contributed by atoms with van der Waals surface area (Å²) in [6, 6.07) is 7.44. The Morgan fingerprint density at radius 1 is 1.35 bits per heavy atom. The first kappa shape index (κ1) is 11.4. The van der Waals surface area contributed by atoms with Crippen molar-refractivity contribution >= 4 is 17.2 Å². The lowest BCUT2D eigenvalue weighted by molar-refractivity contribution is 0.112. The monoisotopic (exact) mass is 226 g/mol. The first-order valence-electron chi connectivity index (χ1n) is 5.49. The van der Waals surface area contributed by atoms with Crippen molar-refractivity contribution in [1.82, 2.24) is 4.98 Å². The summed E-state index contributed by atoms with van der Waals surface area (Å²) in [4.78, 5) is 14.5. The Morgan fingerprint density at radius 3 is 2.59 bits per heavy atom. The van der Waals surface area contributed by atoms with Crippen molar-refractivity contribution in [1.29, 1.82) is 5.26 Å². The van der Waals surface area contributed by atoms with E-state index in [4.69, 9.17) is 5.26 Å². The number of hydrogen-bond donors (Lipinski definition) is 1. The molecule has 3 nitrogen and oxygen atoms in total. The highest BCUT2D eigenvalue weighted by Crippen LogP contribution is 2.30. The highest BCUT2D eigenvalue weighted by molar-refractivity contribution is 5.99. The number of benzene rings is 1. The highest BCUT2D eigenvalue weighted by atomic mass is 16.1. The third-order valence-corrected chi connectivity index (χ3v) is 2.84. The molecule has 0 spiro atoms. The van der Waals surface area contributed by atoms with Gasteiger partial charge >= 0.3 is 0 Å². The Bertz CT molecular complexity index is 624. The molecule has 0 aliphatic rings. The first-order chi connectivity index (χ1) is 7.97. The summed E-state index contributed by atoms with van der Waals surface area (Å²) in [5.74, 6) is 0. The van der Waals surface area contributed by atoms with E-state index in [1.807, 2.05) is 6.07 Å². The molecular formula is C14H14N2O. The molecule has 0 aliphatic heterocycles. The quantitative estimate of drug-likeness (QED) is 0.759. The number of fused-ring (bicyclic) bond motifs is 1. The lowest BCUT2D eigenvalue weighted by Crippen LogP contribution is -2.13. The van der Waals surface area contributed by atoms with Gasteiger partial charge in [-0.05, 0) is 18.2 Å². The minimum Gasteiger partial charge on any atom is -0.357 e. The summed E-state index contributed by atoms with van der Waals surface area (Å²) in [5.41, 5.74) is 2.92. The molecule has 0 amide bonds. The Balaban J connectivity index is 2.82. The second-order valence-electron chi connectivity index (χ2n) is 5.15. The fourth-order valence-electron chi connectivity index (χ4n) is 2.00. The van der Waals surface area contributed by atoms with Gasteiger partial charge in [0.2, 0.25) is 0 Å². The van der Waals surface area contributed by atoms with Crippen molar-refractivity contribution in [3.8, 4) is 6.07 Å². The van der Waals surface area contributed by atoms with E-state index in [1.165, 1.54) is 0 Å². The summed E-state index contributed by atoms with van der Waals surface area (Å²) < 4.78 is 0. The Morgan fingerprint density at radius 2 is 2.06 bits per heavy atom. The molecule has 17 heavy (non-hydrogen) atoms. The summed E-state index contributed by atoms with van der Waals surface area (Å²) >= 11 is 0. The number of nitrogens with zero attached hydrogens (tertiary/aromatic N) is 1. The first-order valence-corrected chi connectivity index (χ1v) is 5.49. The molecule has 0 saturated heterocycles. The van der Waals surface area contributed by atoms with Gasteiger partial charge in [-0.25, -0.2) is 0 Å². The SMILES string of the molecule is CC(C)(C)c1[nH]c2ccc(C#N)cc2c1C=O. The van der Waals surface area contributed by atoms with E-state index in [2.05, 4.69) is 31.8 Å². The van der Waals surface area contributed by atoms with Crippen LogP contribution in [0.5, 0.6) is 0 Å². The second-order valence-corrected chi connectivity index (χ2v) is 5.15. The van der Waals surface area contributed by atoms with Gasteiger partial charge in [-0.1, -0.05) is 20.8 Å². The van der Waals surface area contributed by atoms with Crippen LogP contribution in [0.15, 0.2) is 18.2 Å². The molecule has 1 N–H and O–H groups in total. The van der Waals surface area contributed by atoms with Gasteiger partial charge in [0.15, 0.2) is 6.29 Å². The molecule has 0 bridgehead atoms. The van der Waals surface area contributed by atoms with Crippen LogP contribution in [0.4, 0.5) is 0 Å². The van der Waals surface area contributed by atoms with E-state index in [1.54, 1.807) is 12.1 Å². The van der Waals surface area contributed by atoms with Gasteiger partial charge in [0.25, 0.3) is 0 Å². The van der Waals surface area contributed by atoms with E-state index >= 15 is 0 Å². The zero-order valence-corrected chi connectivity index (χ0v) is 10.2. The predicted octanol–water partition coefficient (Wildman–Crippen LogP) is 3.15. The molecule has 2 aromatic rings. The average Bonchev–Trinajstić information content (AvgIpc) is 2.65. The van der Waals surface area contributed by atoms with Crippen LogP contribution in [0.1, 0.15) is 42.4 Å². The summed E-state index contributed by atoms with van der Waals surface area (Å²) in [5, 5.41) is 9.70. The zero-order chi connectivity index (χ0) is 12.6.